The maximum absolute atomic E-state index is 2.25. The predicted octanol–water partition coefficient (Wildman–Crippen LogP) is 2.49. The zero-order valence-corrected chi connectivity index (χ0v) is 9.04. The van der Waals surface area contributed by atoms with E-state index >= 15 is 0 Å². The fraction of sp³-hybridized carbons (Fsp3) is 0.500. The van der Waals surface area contributed by atoms with Gasteiger partial charge in [0.05, 0.1) is 0 Å². The molecule has 0 bridgehead atoms. The number of benzene rings is 1. The van der Waals surface area contributed by atoms with Gasteiger partial charge < -0.3 is 4.90 Å². The van der Waals surface area contributed by atoms with Crippen molar-refractivity contribution in [2.75, 3.05) is 14.1 Å². The van der Waals surface area contributed by atoms with Gasteiger partial charge in [-0.15, -0.1) is 0 Å². The zero-order valence-electron chi connectivity index (χ0n) is 9.04. The summed E-state index contributed by atoms with van der Waals surface area (Å²) in [7, 11) is 4.25. The van der Waals surface area contributed by atoms with Crippen LogP contribution in [0.1, 0.15) is 18.1 Å². The highest BCUT2D eigenvalue weighted by Crippen LogP contribution is 2.07. The van der Waals surface area contributed by atoms with Gasteiger partial charge in [0.25, 0.3) is 0 Å². The van der Waals surface area contributed by atoms with Crippen molar-refractivity contribution in [1.29, 1.82) is 0 Å². The Hall–Kier alpha value is -0.820. The van der Waals surface area contributed by atoms with Crippen LogP contribution >= 0.6 is 0 Å². The lowest BCUT2D eigenvalue weighted by Crippen LogP contribution is -2.26. The summed E-state index contributed by atoms with van der Waals surface area (Å²) in [6, 6.07) is 9.41. The maximum atomic E-state index is 2.25. The second kappa shape index (κ2) is 4.43. The van der Waals surface area contributed by atoms with Crippen LogP contribution in [0.5, 0.6) is 0 Å². The lowest BCUT2D eigenvalue weighted by Gasteiger charge is -2.19. The lowest BCUT2D eigenvalue weighted by molar-refractivity contribution is 0.312. The molecule has 13 heavy (non-hydrogen) atoms. The van der Waals surface area contributed by atoms with E-state index in [1.807, 2.05) is 0 Å². The zero-order chi connectivity index (χ0) is 9.84. The number of hydrogen-bond acceptors (Lipinski definition) is 1. The minimum absolute atomic E-state index is 0.614. The molecule has 1 atom stereocenters. The largest absolute Gasteiger partial charge is 0.306 e. The van der Waals surface area contributed by atoms with E-state index in [4.69, 9.17) is 0 Å². The van der Waals surface area contributed by atoms with Gasteiger partial charge in [0, 0.05) is 6.04 Å². The van der Waals surface area contributed by atoms with Crippen LogP contribution in [0.3, 0.4) is 0 Å². The van der Waals surface area contributed by atoms with E-state index in [0.717, 1.165) is 6.42 Å². The van der Waals surface area contributed by atoms with E-state index < -0.39 is 0 Å². The molecule has 0 aliphatic carbocycles. The van der Waals surface area contributed by atoms with Crippen molar-refractivity contribution in [3.05, 3.63) is 35.4 Å². The first-order chi connectivity index (χ1) is 6.09. The Balaban J connectivity index is 2.59. The SMILES string of the molecule is Cc1ccc(CC(C)N(C)C)cc1. The fourth-order valence-electron chi connectivity index (χ4n) is 1.25. The average Bonchev–Trinajstić information content (AvgIpc) is 2.08. The van der Waals surface area contributed by atoms with Crippen LogP contribution in [-0.4, -0.2) is 25.0 Å². The smallest absolute Gasteiger partial charge is 0.0101 e. The molecule has 0 saturated carbocycles. The highest BCUT2D eigenvalue weighted by Gasteiger charge is 2.04. The summed E-state index contributed by atoms with van der Waals surface area (Å²) in [6.45, 7) is 4.37. The van der Waals surface area contributed by atoms with Gasteiger partial charge >= 0.3 is 0 Å². The molecule has 1 unspecified atom stereocenters. The molecule has 0 saturated heterocycles. The molecule has 1 nitrogen and oxygen atoms in total. The first-order valence-electron chi connectivity index (χ1n) is 4.81. The molecule has 0 aliphatic heterocycles. The van der Waals surface area contributed by atoms with Crippen LogP contribution in [0.15, 0.2) is 24.3 Å². The van der Waals surface area contributed by atoms with Gasteiger partial charge in [0.2, 0.25) is 0 Å². The van der Waals surface area contributed by atoms with Crippen molar-refractivity contribution in [2.45, 2.75) is 26.3 Å². The summed E-state index contributed by atoms with van der Waals surface area (Å²) in [5.41, 5.74) is 2.76. The van der Waals surface area contributed by atoms with Crippen LogP contribution < -0.4 is 0 Å². The van der Waals surface area contributed by atoms with E-state index in [9.17, 15) is 0 Å². The molecule has 1 rings (SSSR count). The molecule has 1 heteroatoms. The number of aryl methyl sites for hydroxylation is 1. The highest BCUT2D eigenvalue weighted by molar-refractivity contribution is 5.21. The molecule has 1 aromatic rings. The van der Waals surface area contributed by atoms with Gasteiger partial charge in [0.1, 0.15) is 0 Å². The summed E-state index contributed by atoms with van der Waals surface area (Å²) in [6.07, 6.45) is 1.13. The Morgan fingerprint density at radius 2 is 1.69 bits per heavy atom. The first-order valence-corrected chi connectivity index (χ1v) is 4.81. The quantitative estimate of drug-likeness (QED) is 0.685. The molecule has 0 amide bonds. The van der Waals surface area contributed by atoms with Gasteiger partial charge in [-0.3, -0.25) is 0 Å². The third-order valence-corrected chi connectivity index (χ3v) is 2.53. The maximum Gasteiger partial charge on any atom is 0.0101 e. The van der Waals surface area contributed by atoms with Crippen LogP contribution in [0.2, 0.25) is 0 Å². The fourth-order valence-corrected chi connectivity index (χ4v) is 1.25. The third kappa shape index (κ3) is 3.19. The van der Waals surface area contributed by atoms with Gasteiger partial charge in [-0.25, -0.2) is 0 Å². The van der Waals surface area contributed by atoms with Gasteiger partial charge in [-0.1, -0.05) is 29.8 Å². The van der Waals surface area contributed by atoms with Crippen molar-refractivity contribution >= 4 is 0 Å². The van der Waals surface area contributed by atoms with Crippen molar-refractivity contribution < 1.29 is 0 Å². The van der Waals surface area contributed by atoms with Crippen LogP contribution in [0, 0.1) is 6.92 Å². The van der Waals surface area contributed by atoms with Crippen LogP contribution in [0.25, 0.3) is 0 Å². The van der Waals surface area contributed by atoms with Crippen molar-refractivity contribution in [2.24, 2.45) is 0 Å². The normalized spacial score (nSPS) is 13.3. The Morgan fingerprint density at radius 1 is 1.15 bits per heavy atom. The number of likely N-dealkylation sites (N-methyl/N-ethyl adjacent to an activating group) is 1. The molecule has 0 N–H and O–H groups in total. The van der Waals surface area contributed by atoms with Gasteiger partial charge in [-0.05, 0) is 39.9 Å². The van der Waals surface area contributed by atoms with Crippen LogP contribution in [0.4, 0.5) is 0 Å². The Labute approximate surface area is 81.4 Å². The lowest BCUT2D eigenvalue weighted by atomic mass is 10.1. The second-order valence-electron chi connectivity index (χ2n) is 4.00. The summed E-state index contributed by atoms with van der Waals surface area (Å²) < 4.78 is 0. The van der Waals surface area contributed by atoms with Crippen molar-refractivity contribution in [3.8, 4) is 0 Å². The summed E-state index contributed by atoms with van der Waals surface area (Å²) in [5.74, 6) is 0. The minimum Gasteiger partial charge on any atom is -0.306 e. The summed E-state index contributed by atoms with van der Waals surface area (Å²) in [5, 5.41) is 0. The van der Waals surface area contributed by atoms with Gasteiger partial charge in [-0.2, -0.15) is 0 Å². The topological polar surface area (TPSA) is 3.24 Å². The van der Waals surface area contributed by atoms with E-state index in [1.165, 1.54) is 11.1 Å². The third-order valence-electron chi connectivity index (χ3n) is 2.53. The standard InChI is InChI=1S/C12H19N/c1-10-5-7-12(8-6-10)9-11(2)13(3)4/h5-8,11H,9H2,1-4H3. The molecule has 72 valence electrons. The highest BCUT2D eigenvalue weighted by atomic mass is 15.1. The number of hydrogen-bond donors (Lipinski definition) is 0. The monoisotopic (exact) mass is 177 g/mol. The van der Waals surface area contributed by atoms with Crippen molar-refractivity contribution in [1.82, 2.24) is 4.90 Å². The molecule has 0 heterocycles. The molecule has 1 aromatic carbocycles. The predicted molar refractivity (Wildman–Crippen MR) is 58.0 cm³/mol. The van der Waals surface area contributed by atoms with Crippen molar-refractivity contribution in [3.63, 3.8) is 0 Å². The number of rotatable bonds is 3. The molecular formula is C12H19N. The van der Waals surface area contributed by atoms with E-state index in [-0.39, 0.29) is 0 Å². The molecule has 0 spiro atoms. The van der Waals surface area contributed by atoms with E-state index in [2.05, 4.69) is 57.1 Å². The minimum atomic E-state index is 0.614. The summed E-state index contributed by atoms with van der Waals surface area (Å²) in [4.78, 5) is 2.25. The second-order valence-corrected chi connectivity index (χ2v) is 4.00. The first kappa shape index (κ1) is 10.3. The molecule has 0 fully saturated rings. The molecule has 0 aliphatic rings. The average molecular weight is 177 g/mol. The van der Waals surface area contributed by atoms with Gasteiger partial charge in [0.15, 0.2) is 0 Å². The van der Waals surface area contributed by atoms with E-state index in [1.54, 1.807) is 0 Å². The number of nitrogens with zero attached hydrogens (tertiary/aromatic N) is 1. The molecular weight excluding hydrogens is 158 g/mol. The molecule has 0 radical (unpaired) electrons. The van der Waals surface area contributed by atoms with Crippen LogP contribution in [-0.2, 0) is 6.42 Å². The van der Waals surface area contributed by atoms with E-state index in [0.29, 0.717) is 6.04 Å². The Morgan fingerprint density at radius 3 is 2.15 bits per heavy atom. The Kier molecular flexibility index (Phi) is 3.49. The Bertz CT molecular complexity index is 248. The molecule has 0 aromatic heterocycles. The summed E-state index contributed by atoms with van der Waals surface area (Å²) >= 11 is 0.